The van der Waals surface area contributed by atoms with E-state index in [-0.39, 0.29) is 18.4 Å². The smallest absolute Gasteiger partial charge is 0.285 e. The van der Waals surface area contributed by atoms with Crippen LogP contribution in [-0.2, 0) is 9.59 Å². The van der Waals surface area contributed by atoms with Crippen LogP contribution in [0.2, 0.25) is 0 Å². The first-order chi connectivity index (χ1) is 15.9. The molecule has 3 heterocycles. The van der Waals surface area contributed by atoms with Crippen LogP contribution in [0.15, 0.2) is 35.2 Å². The monoisotopic (exact) mass is 485 g/mol. The van der Waals surface area contributed by atoms with Gasteiger partial charge >= 0.3 is 0 Å². The third kappa shape index (κ3) is 4.94. The fraction of sp³-hybridized carbons (Fsp3) is 0.375. The lowest BCUT2D eigenvalue weighted by molar-refractivity contribution is -0.132. The second-order valence-electron chi connectivity index (χ2n) is 7.94. The van der Waals surface area contributed by atoms with E-state index in [0.29, 0.717) is 27.3 Å². The summed E-state index contributed by atoms with van der Waals surface area (Å²) in [7, 11) is 0. The van der Waals surface area contributed by atoms with Gasteiger partial charge in [0, 0.05) is 24.5 Å². The highest BCUT2D eigenvalue weighted by Gasteiger charge is 2.34. The molecule has 0 radical (unpaired) electrons. The summed E-state index contributed by atoms with van der Waals surface area (Å²) >= 11 is 6.77. The van der Waals surface area contributed by atoms with Gasteiger partial charge in [0.25, 0.3) is 11.8 Å². The zero-order chi connectivity index (χ0) is 23.5. The molecule has 9 heteroatoms. The van der Waals surface area contributed by atoms with Crippen molar-refractivity contribution in [2.24, 2.45) is 0 Å². The summed E-state index contributed by atoms with van der Waals surface area (Å²) in [6.45, 7) is 7.79. The van der Waals surface area contributed by atoms with Crippen molar-refractivity contribution in [3.63, 3.8) is 0 Å². The van der Waals surface area contributed by atoms with Crippen molar-refractivity contribution in [1.82, 2.24) is 9.58 Å². The van der Waals surface area contributed by atoms with Crippen molar-refractivity contribution >= 4 is 46.2 Å². The summed E-state index contributed by atoms with van der Waals surface area (Å²) in [6, 6.07) is 9.35. The van der Waals surface area contributed by atoms with E-state index in [1.807, 2.05) is 54.6 Å². The highest BCUT2D eigenvalue weighted by atomic mass is 32.2. The van der Waals surface area contributed by atoms with Crippen LogP contribution in [0, 0.1) is 13.8 Å². The van der Waals surface area contributed by atoms with E-state index in [9.17, 15) is 9.59 Å². The number of carbonyl (C=O) groups excluding carboxylic acids is 2. The Morgan fingerprint density at radius 1 is 1.09 bits per heavy atom. The molecule has 2 aliphatic rings. The van der Waals surface area contributed by atoms with Crippen LogP contribution in [0.5, 0.6) is 11.5 Å². The van der Waals surface area contributed by atoms with Crippen molar-refractivity contribution in [2.45, 2.75) is 33.6 Å². The number of nitrogens with zero attached hydrogens (tertiary/aromatic N) is 3. The fourth-order valence-corrected chi connectivity index (χ4v) is 5.20. The maximum absolute atomic E-state index is 13.1. The van der Waals surface area contributed by atoms with Crippen molar-refractivity contribution in [3.05, 3.63) is 52.2 Å². The van der Waals surface area contributed by atoms with Crippen LogP contribution in [0.3, 0.4) is 0 Å². The topological polar surface area (TPSA) is 64.0 Å². The van der Waals surface area contributed by atoms with Crippen molar-refractivity contribution in [3.8, 4) is 11.5 Å². The predicted octanol–water partition coefficient (Wildman–Crippen LogP) is 4.04. The minimum absolute atomic E-state index is 0.0155. The number of aryl methyl sites for hydroxylation is 2. The normalized spacial score (nSPS) is 17.4. The predicted molar refractivity (Wildman–Crippen MR) is 134 cm³/mol. The molecule has 2 amide bonds. The van der Waals surface area contributed by atoms with Crippen LogP contribution in [0.1, 0.15) is 36.7 Å². The maximum Gasteiger partial charge on any atom is 0.285 e. The molecule has 0 spiro atoms. The minimum Gasteiger partial charge on any atom is -0.490 e. The van der Waals surface area contributed by atoms with E-state index in [1.165, 1.54) is 16.8 Å². The Kier molecular flexibility index (Phi) is 7.09. The molecular weight excluding hydrogens is 458 g/mol. The first-order valence-corrected chi connectivity index (χ1v) is 12.2. The second-order valence-corrected chi connectivity index (χ2v) is 9.61. The van der Waals surface area contributed by atoms with E-state index in [4.69, 9.17) is 21.7 Å². The van der Waals surface area contributed by atoms with Gasteiger partial charge in [-0.25, -0.2) is 0 Å². The number of rotatable bonds is 7. The van der Waals surface area contributed by atoms with Crippen LogP contribution in [0.25, 0.3) is 6.08 Å². The molecule has 0 N–H and O–H groups in total. The van der Waals surface area contributed by atoms with Gasteiger partial charge in [-0.1, -0.05) is 17.8 Å². The van der Waals surface area contributed by atoms with Gasteiger partial charge in [-0.05, 0) is 81.7 Å². The number of ether oxygens (including phenoxy) is 2. The van der Waals surface area contributed by atoms with Gasteiger partial charge < -0.3 is 14.4 Å². The van der Waals surface area contributed by atoms with Gasteiger partial charge in [0.05, 0.1) is 11.5 Å². The van der Waals surface area contributed by atoms with Crippen LogP contribution >= 0.6 is 24.0 Å². The van der Waals surface area contributed by atoms with Crippen LogP contribution in [-0.4, -0.2) is 52.0 Å². The molecule has 1 aromatic carbocycles. The van der Waals surface area contributed by atoms with Crippen molar-refractivity contribution < 1.29 is 19.1 Å². The van der Waals surface area contributed by atoms with Gasteiger partial charge in [0.2, 0.25) is 0 Å². The van der Waals surface area contributed by atoms with Crippen LogP contribution in [0.4, 0.5) is 0 Å². The van der Waals surface area contributed by atoms with Gasteiger partial charge in [-0.3, -0.25) is 14.3 Å². The van der Waals surface area contributed by atoms with Crippen LogP contribution < -0.4 is 14.5 Å². The number of likely N-dealkylation sites (tertiary alicyclic amines) is 1. The minimum atomic E-state index is -0.165. The van der Waals surface area contributed by atoms with E-state index < -0.39 is 0 Å². The molecule has 0 saturated carbocycles. The quantitative estimate of drug-likeness (QED) is 0.436. The second kappa shape index (κ2) is 10.0. The summed E-state index contributed by atoms with van der Waals surface area (Å²) in [5, 5.41) is 1.53. The number of benzene rings is 1. The van der Waals surface area contributed by atoms with Crippen molar-refractivity contribution in [2.75, 3.05) is 31.3 Å². The largest absolute Gasteiger partial charge is 0.490 e. The number of carbonyl (C=O) groups is 2. The number of thioether (sulfide) groups is 1. The fourth-order valence-electron chi connectivity index (χ4n) is 3.96. The average molecular weight is 486 g/mol. The standard InChI is InChI=1S/C24H27N3O4S2/c1-4-30-20-13-18(9-10-19(20)31-15-22(28)25-11-5-6-12-25)14-21-23(29)27(24(32)33-21)26-16(2)7-8-17(26)3/h7-10,13-14H,4-6,11-12,15H2,1-3H3/b21-14-. The SMILES string of the molecule is CCOc1cc(/C=C2\SC(=S)N(n3c(C)ccc3C)C2=O)ccc1OCC(=O)N1CCCC1. The Bertz CT molecular complexity index is 1100. The molecule has 2 fully saturated rings. The summed E-state index contributed by atoms with van der Waals surface area (Å²) in [5.41, 5.74) is 2.67. The molecular formula is C24H27N3O4S2. The molecule has 0 atom stereocenters. The lowest BCUT2D eigenvalue weighted by Gasteiger charge is -2.20. The number of hydrogen-bond donors (Lipinski definition) is 0. The third-order valence-electron chi connectivity index (χ3n) is 5.58. The molecule has 33 heavy (non-hydrogen) atoms. The first kappa shape index (κ1) is 23.4. The van der Waals surface area contributed by atoms with Crippen molar-refractivity contribution in [1.29, 1.82) is 0 Å². The molecule has 0 aliphatic carbocycles. The maximum atomic E-state index is 13.1. The number of aromatic nitrogens is 1. The Labute approximate surface area is 203 Å². The third-order valence-corrected chi connectivity index (χ3v) is 6.87. The molecule has 174 valence electrons. The highest BCUT2D eigenvalue weighted by Crippen LogP contribution is 2.35. The Hall–Kier alpha value is -2.78. The molecule has 2 saturated heterocycles. The van der Waals surface area contributed by atoms with E-state index >= 15 is 0 Å². The first-order valence-electron chi connectivity index (χ1n) is 11.0. The molecule has 1 aromatic heterocycles. The summed E-state index contributed by atoms with van der Waals surface area (Å²) in [6.07, 6.45) is 3.88. The van der Waals surface area contributed by atoms with E-state index in [2.05, 4.69) is 0 Å². The number of amides is 2. The Morgan fingerprint density at radius 3 is 2.45 bits per heavy atom. The average Bonchev–Trinajstić information content (AvgIpc) is 3.50. The number of hydrogen-bond acceptors (Lipinski definition) is 6. The van der Waals surface area contributed by atoms with E-state index in [1.54, 1.807) is 12.1 Å². The summed E-state index contributed by atoms with van der Waals surface area (Å²) in [5.74, 6) is 0.862. The zero-order valence-electron chi connectivity index (χ0n) is 19.0. The lowest BCUT2D eigenvalue weighted by Crippen LogP contribution is -2.39. The lowest BCUT2D eigenvalue weighted by atomic mass is 10.2. The molecule has 0 bridgehead atoms. The molecule has 7 nitrogen and oxygen atoms in total. The van der Waals surface area contributed by atoms with Gasteiger partial charge in [0.15, 0.2) is 22.4 Å². The molecule has 2 aromatic rings. The highest BCUT2D eigenvalue weighted by molar-refractivity contribution is 8.27. The number of thiocarbonyl (C=S) groups is 1. The zero-order valence-corrected chi connectivity index (χ0v) is 20.6. The van der Waals surface area contributed by atoms with Gasteiger partial charge in [-0.2, -0.15) is 5.01 Å². The molecule has 4 rings (SSSR count). The summed E-state index contributed by atoms with van der Waals surface area (Å²) in [4.78, 5) is 27.8. The van der Waals surface area contributed by atoms with E-state index in [0.717, 1.165) is 42.9 Å². The molecule has 0 unspecified atom stereocenters. The van der Waals surface area contributed by atoms with Gasteiger partial charge in [-0.15, -0.1) is 0 Å². The Morgan fingerprint density at radius 2 is 1.79 bits per heavy atom. The van der Waals surface area contributed by atoms with Gasteiger partial charge in [0.1, 0.15) is 0 Å². The molecule has 2 aliphatic heterocycles. The summed E-state index contributed by atoms with van der Waals surface area (Å²) < 4.78 is 13.8. The Balaban J connectivity index is 1.53.